The Labute approximate surface area is 275 Å². The largest absolute Gasteiger partial charge is 0.446 e. The molecule has 3 heterocycles. The van der Waals surface area contributed by atoms with Gasteiger partial charge in [0.05, 0.1) is 6.33 Å². The molecule has 0 unspecified atom stereocenters. The molecule has 2 aromatic heterocycles. The first-order valence-corrected chi connectivity index (χ1v) is 16.8. The van der Waals surface area contributed by atoms with Gasteiger partial charge in [0.15, 0.2) is 17.0 Å². The van der Waals surface area contributed by atoms with E-state index >= 15 is 0 Å². The van der Waals surface area contributed by atoms with Crippen LogP contribution in [0.15, 0.2) is 6.33 Å². The SMILES string of the molecule is CC(C)[C@@H]1CC[C@@H](C)C[C@H]1OC(=O)N1CCC(Nc2nc(NC3CCC(N)CC3)nc3c2ncn3C2CCCC2)CC1.Cl.Cl. The fourth-order valence-electron chi connectivity index (χ4n) is 7.83. The van der Waals surface area contributed by atoms with E-state index in [9.17, 15) is 4.79 Å². The molecule has 2 aromatic rings. The van der Waals surface area contributed by atoms with E-state index in [0.29, 0.717) is 54.9 Å². The molecule has 10 nitrogen and oxygen atoms in total. The van der Waals surface area contributed by atoms with Crippen molar-refractivity contribution in [2.75, 3.05) is 23.7 Å². The van der Waals surface area contributed by atoms with Gasteiger partial charge in [-0.1, -0.05) is 40.0 Å². The number of hydrogen-bond acceptors (Lipinski definition) is 8. The maximum Gasteiger partial charge on any atom is 0.410 e. The van der Waals surface area contributed by atoms with Crippen LogP contribution in [0.5, 0.6) is 0 Å². The van der Waals surface area contributed by atoms with Gasteiger partial charge < -0.3 is 30.6 Å². The molecule has 0 spiro atoms. The minimum atomic E-state index is -0.142. The average Bonchev–Trinajstić information content (AvgIpc) is 3.65. The van der Waals surface area contributed by atoms with E-state index in [1.807, 2.05) is 11.2 Å². The van der Waals surface area contributed by atoms with Gasteiger partial charge >= 0.3 is 6.09 Å². The van der Waals surface area contributed by atoms with Crippen molar-refractivity contribution in [2.24, 2.45) is 23.5 Å². The van der Waals surface area contributed by atoms with Crippen molar-refractivity contribution in [3.63, 3.8) is 0 Å². The molecule has 6 rings (SSSR count). The summed E-state index contributed by atoms with van der Waals surface area (Å²) in [6.45, 7) is 8.16. The lowest BCUT2D eigenvalue weighted by Crippen LogP contribution is -2.45. The van der Waals surface area contributed by atoms with Crippen molar-refractivity contribution in [3.05, 3.63) is 6.33 Å². The highest BCUT2D eigenvalue weighted by atomic mass is 35.5. The standard InChI is InChI=1S/C32H52N8O2.2ClH/c1-20(2)26-13-8-21(3)18-27(26)42-32(41)39-16-14-24(15-17-39)35-29-28-30(40(19-34-28)25-6-4-5-7-25)38-31(37-29)36-23-11-9-22(33)10-12-23;;/h19-27H,4-18,33H2,1-3H3,(H2,35,36,37,38);2*1H/t21-,22?,23?,26+,27-;;/m1../s1. The number of fused-ring (bicyclic) bond motifs is 1. The number of imidazole rings is 1. The quantitative estimate of drug-likeness (QED) is 0.294. The summed E-state index contributed by atoms with van der Waals surface area (Å²) < 4.78 is 8.42. The van der Waals surface area contributed by atoms with Gasteiger partial charge in [0.2, 0.25) is 5.95 Å². The highest BCUT2D eigenvalue weighted by Gasteiger charge is 2.35. The highest BCUT2D eigenvalue weighted by molar-refractivity contribution is 5.86. The fourth-order valence-corrected chi connectivity index (χ4v) is 7.83. The number of nitrogens with one attached hydrogen (secondary N) is 2. The molecule has 0 aromatic carbocycles. The number of anilines is 2. The summed E-state index contributed by atoms with van der Waals surface area (Å²) in [5, 5.41) is 7.34. The number of aromatic nitrogens is 4. The van der Waals surface area contributed by atoms with Crippen LogP contribution in [0.4, 0.5) is 16.6 Å². The van der Waals surface area contributed by atoms with Crippen molar-refractivity contribution < 1.29 is 9.53 Å². The molecule has 1 amide bonds. The summed E-state index contributed by atoms with van der Waals surface area (Å²) in [5.41, 5.74) is 7.91. The molecule has 4 N–H and O–H groups in total. The van der Waals surface area contributed by atoms with Crippen molar-refractivity contribution in [1.82, 2.24) is 24.4 Å². The van der Waals surface area contributed by atoms with Gasteiger partial charge in [-0.15, -0.1) is 24.8 Å². The van der Waals surface area contributed by atoms with E-state index in [4.69, 9.17) is 25.4 Å². The van der Waals surface area contributed by atoms with Crippen molar-refractivity contribution >= 4 is 53.8 Å². The van der Waals surface area contributed by atoms with Crippen LogP contribution in [0.25, 0.3) is 11.2 Å². The number of nitrogens with two attached hydrogens (primary N) is 1. The number of ether oxygens (including phenoxy) is 1. The topological polar surface area (TPSA) is 123 Å². The number of carbonyl (C=O) groups excluding carboxylic acids is 1. The van der Waals surface area contributed by atoms with Crippen molar-refractivity contribution in [2.45, 2.75) is 135 Å². The van der Waals surface area contributed by atoms with Crippen LogP contribution < -0.4 is 16.4 Å². The van der Waals surface area contributed by atoms with Gasteiger partial charge in [-0.25, -0.2) is 9.78 Å². The zero-order valence-electron chi connectivity index (χ0n) is 26.7. The minimum Gasteiger partial charge on any atom is -0.446 e. The highest BCUT2D eigenvalue weighted by Crippen LogP contribution is 2.36. The molecule has 4 aliphatic rings. The third kappa shape index (κ3) is 8.02. The van der Waals surface area contributed by atoms with E-state index in [2.05, 4.69) is 36.0 Å². The van der Waals surface area contributed by atoms with Gasteiger partial charge in [0.25, 0.3) is 0 Å². The fraction of sp³-hybridized carbons (Fsp3) is 0.812. The van der Waals surface area contributed by atoms with E-state index in [-0.39, 0.29) is 43.1 Å². The third-order valence-corrected chi connectivity index (χ3v) is 10.6. The lowest BCUT2D eigenvalue weighted by molar-refractivity contribution is -0.0124. The normalized spacial score (nSPS) is 28.4. The lowest BCUT2D eigenvalue weighted by atomic mass is 9.75. The summed E-state index contributed by atoms with van der Waals surface area (Å²) in [7, 11) is 0. The predicted octanol–water partition coefficient (Wildman–Crippen LogP) is 6.94. The monoisotopic (exact) mass is 652 g/mol. The molecule has 1 aliphatic heterocycles. The van der Waals surface area contributed by atoms with Crippen LogP contribution >= 0.6 is 24.8 Å². The average molecular weight is 654 g/mol. The summed E-state index contributed by atoms with van der Waals surface area (Å²) in [4.78, 5) is 29.9. The van der Waals surface area contributed by atoms with Gasteiger partial charge in [-0.3, -0.25) is 0 Å². The number of likely N-dealkylation sites (tertiary alicyclic amines) is 1. The predicted molar refractivity (Wildman–Crippen MR) is 181 cm³/mol. The molecule has 3 saturated carbocycles. The third-order valence-electron chi connectivity index (χ3n) is 10.6. The smallest absolute Gasteiger partial charge is 0.410 e. The van der Waals surface area contributed by atoms with Crippen molar-refractivity contribution in [1.29, 1.82) is 0 Å². The second-order valence-electron chi connectivity index (χ2n) is 14.1. The zero-order chi connectivity index (χ0) is 29.2. The Morgan fingerprint density at radius 1 is 0.932 bits per heavy atom. The van der Waals surface area contributed by atoms with Crippen molar-refractivity contribution in [3.8, 4) is 0 Å². The Morgan fingerprint density at radius 2 is 1.61 bits per heavy atom. The van der Waals surface area contributed by atoms with Crippen LogP contribution in [0.2, 0.25) is 0 Å². The first kappa shape index (κ1) is 34.8. The van der Waals surface area contributed by atoms with Gasteiger partial charge in [-0.2, -0.15) is 9.97 Å². The Bertz CT molecular complexity index is 1210. The second kappa shape index (κ2) is 15.5. The molecule has 1 saturated heterocycles. The first-order valence-electron chi connectivity index (χ1n) is 16.8. The second-order valence-corrected chi connectivity index (χ2v) is 14.1. The molecule has 0 radical (unpaired) electrons. The Morgan fingerprint density at radius 3 is 2.30 bits per heavy atom. The maximum absolute atomic E-state index is 13.2. The zero-order valence-corrected chi connectivity index (χ0v) is 28.4. The number of nitrogens with zero attached hydrogens (tertiary/aromatic N) is 5. The summed E-state index contributed by atoms with van der Waals surface area (Å²) in [5.74, 6) is 3.07. The molecule has 248 valence electrons. The van der Waals surface area contributed by atoms with E-state index in [1.54, 1.807) is 0 Å². The molecule has 0 bridgehead atoms. The summed E-state index contributed by atoms with van der Waals surface area (Å²) in [6, 6.07) is 1.31. The number of piperidine rings is 1. The van der Waals surface area contributed by atoms with Gasteiger partial charge in [0, 0.05) is 37.3 Å². The minimum absolute atomic E-state index is 0. The van der Waals surface area contributed by atoms with Crippen LogP contribution in [0, 0.1) is 17.8 Å². The van der Waals surface area contributed by atoms with E-state index < -0.39 is 0 Å². The Balaban J connectivity index is 0.00000221. The van der Waals surface area contributed by atoms with Crippen LogP contribution in [0.1, 0.15) is 110 Å². The number of rotatable bonds is 7. The van der Waals surface area contributed by atoms with Crippen LogP contribution in [0.3, 0.4) is 0 Å². The molecule has 4 fully saturated rings. The summed E-state index contributed by atoms with van der Waals surface area (Å²) in [6.07, 6.45) is 15.9. The van der Waals surface area contributed by atoms with E-state index in [1.165, 1.54) is 32.1 Å². The molecular weight excluding hydrogens is 599 g/mol. The molecular formula is C32H54Cl2N8O2. The Hall–Kier alpha value is -2.04. The number of carbonyl (C=O) groups is 1. The van der Waals surface area contributed by atoms with E-state index in [0.717, 1.165) is 68.3 Å². The maximum atomic E-state index is 13.2. The summed E-state index contributed by atoms with van der Waals surface area (Å²) >= 11 is 0. The van der Waals surface area contributed by atoms with Gasteiger partial charge in [0.1, 0.15) is 6.10 Å². The van der Waals surface area contributed by atoms with Crippen LogP contribution in [-0.2, 0) is 4.74 Å². The van der Waals surface area contributed by atoms with Crippen LogP contribution in [-0.4, -0.2) is 67.8 Å². The molecule has 44 heavy (non-hydrogen) atoms. The molecule has 3 aliphatic carbocycles. The first-order chi connectivity index (χ1) is 20.3. The Kier molecular flexibility index (Phi) is 12.3. The number of halogens is 2. The number of hydrogen-bond donors (Lipinski definition) is 3. The number of amides is 1. The lowest BCUT2D eigenvalue weighted by Gasteiger charge is -2.39. The molecule has 12 heteroatoms. The van der Waals surface area contributed by atoms with Gasteiger partial charge in [-0.05, 0) is 82.0 Å². The molecule has 3 atom stereocenters.